The van der Waals surface area contributed by atoms with Crippen molar-refractivity contribution in [3.63, 3.8) is 0 Å². The van der Waals surface area contributed by atoms with Crippen molar-refractivity contribution in [2.45, 2.75) is 25.3 Å². The zero-order valence-electron chi connectivity index (χ0n) is 14.9. The number of nitrogens with two attached hydrogens (primary N) is 2. The van der Waals surface area contributed by atoms with Gasteiger partial charge in [-0.25, -0.2) is 4.99 Å². The summed E-state index contributed by atoms with van der Waals surface area (Å²) >= 11 is 0. The number of halogens is 1. The Kier molecular flexibility index (Phi) is 4.04. The lowest BCUT2D eigenvalue weighted by Gasteiger charge is -2.34. The largest absolute Gasteiger partial charge is 0.385 e. The Morgan fingerprint density at radius 3 is 2.85 bits per heavy atom. The van der Waals surface area contributed by atoms with Crippen LogP contribution in [0.4, 0.5) is 4.39 Å². The van der Waals surface area contributed by atoms with Gasteiger partial charge in [0.15, 0.2) is 0 Å². The number of aryl methyl sites for hydroxylation is 1. The Bertz CT molecular complexity index is 1010. The van der Waals surface area contributed by atoms with Crippen molar-refractivity contribution in [2.24, 2.45) is 16.5 Å². The van der Waals surface area contributed by atoms with Crippen LogP contribution in [-0.2, 0) is 12.0 Å². The molecule has 0 fully saturated rings. The molecule has 27 heavy (non-hydrogen) atoms. The predicted octanol–water partition coefficient (Wildman–Crippen LogP) is 1.93. The van der Waals surface area contributed by atoms with Crippen molar-refractivity contribution in [3.8, 4) is 0 Å². The van der Waals surface area contributed by atoms with Gasteiger partial charge in [0, 0.05) is 42.1 Å². The highest BCUT2D eigenvalue weighted by Crippen LogP contribution is 2.39. The van der Waals surface area contributed by atoms with Gasteiger partial charge in [0.1, 0.15) is 11.4 Å². The van der Waals surface area contributed by atoms with E-state index in [4.69, 9.17) is 11.5 Å². The monoisotopic (exact) mass is 365 g/mol. The number of amidine groups is 1. The highest BCUT2D eigenvalue weighted by Gasteiger charge is 2.39. The van der Waals surface area contributed by atoms with Gasteiger partial charge in [0.25, 0.3) is 5.91 Å². The third-order valence-electron chi connectivity index (χ3n) is 5.29. The van der Waals surface area contributed by atoms with E-state index >= 15 is 0 Å². The van der Waals surface area contributed by atoms with E-state index in [1.807, 2.05) is 19.1 Å². The van der Waals surface area contributed by atoms with E-state index in [-0.39, 0.29) is 18.2 Å². The fourth-order valence-corrected chi connectivity index (χ4v) is 3.66. The van der Waals surface area contributed by atoms with E-state index in [1.54, 1.807) is 24.5 Å². The molecule has 2 aliphatic rings. The summed E-state index contributed by atoms with van der Waals surface area (Å²) in [7, 11) is 0. The minimum atomic E-state index is -1.16. The van der Waals surface area contributed by atoms with E-state index in [0.717, 1.165) is 11.1 Å². The second kappa shape index (κ2) is 6.28. The second-order valence-corrected chi connectivity index (χ2v) is 6.98. The molecule has 0 saturated heterocycles. The van der Waals surface area contributed by atoms with Gasteiger partial charge >= 0.3 is 0 Å². The van der Waals surface area contributed by atoms with E-state index in [1.165, 1.54) is 0 Å². The number of carbonyl (C=O) groups excluding carboxylic acids is 1. The van der Waals surface area contributed by atoms with E-state index in [0.29, 0.717) is 35.2 Å². The Labute approximate surface area is 156 Å². The molecule has 0 radical (unpaired) electrons. The smallest absolute Gasteiger partial charge is 0.251 e. The molecule has 1 unspecified atom stereocenters. The number of aromatic nitrogens is 1. The fraction of sp³-hybridized carbons (Fsp3) is 0.250. The number of nitrogens with zero attached hydrogens (tertiary/aromatic N) is 2. The quantitative estimate of drug-likeness (QED) is 0.707. The van der Waals surface area contributed by atoms with Gasteiger partial charge in [0.2, 0.25) is 5.95 Å². The highest BCUT2D eigenvalue weighted by molar-refractivity contribution is 5.99. The van der Waals surface area contributed by atoms with Crippen LogP contribution in [-0.4, -0.2) is 23.3 Å². The summed E-state index contributed by atoms with van der Waals surface area (Å²) < 4.78 is 14.6. The SMILES string of the molecule is Cc1ccncc1C1=C(F)N=C(N)C(N)(c2ccc3c(c2)CCNC3=O)C1. The van der Waals surface area contributed by atoms with Gasteiger partial charge in [-0.05, 0) is 42.2 Å². The minimum absolute atomic E-state index is 0.0190. The first-order valence-corrected chi connectivity index (χ1v) is 8.75. The Balaban J connectivity index is 1.79. The molecular formula is C20H20FN5O. The summed E-state index contributed by atoms with van der Waals surface area (Å²) in [4.78, 5) is 20.0. The first kappa shape index (κ1) is 17.4. The molecule has 5 N–H and O–H groups in total. The molecule has 4 rings (SSSR count). The molecule has 7 heteroatoms. The number of hydrogen-bond donors (Lipinski definition) is 3. The Morgan fingerprint density at radius 2 is 2.07 bits per heavy atom. The number of pyridine rings is 1. The number of carbonyl (C=O) groups is 1. The molecule has 2 aromatic rings. The van der Waals surface area contributed by atoms with Gasteiger partial charge in [0.05, 0.1) is 0 Å². The van der Waals surface area contributed by atoms with Crippen LogP contribution >= 0.6 is 0 Å². The van der Waals surface area contributed by atoms with Gasteiger partial charge in [-0.2, -0.15) is 4.39 Å². The Morgan fingerprint density at radius 1 is 1.26 bits per heavy atom. The topological polar surface area (TPSA) is 106 Å². The molecule has 3 heterocycles. The zero-order chi connectivity index (χ0) is 19.2. The van der Waals surface area contributed by atoms with Crippen LogP contribution in [0.5, 0.6) is 0 Å². The van der Waals surface area contributed by atoms with Crippen molar-refractivity contribution < 1.29 is 9.18 Å². The van der Waals surface area contributed by atoms with Crippen molar-refractivity contribution in [1.82, 2.24) is 10.3 Å². The maximum absolute atomic E-state index is 14.6. The van der Waals surface area contributed by atoms with Gasteiger partial charge in [-0.3, -0.25) is 9.78 Å². The molecule has 138 valence electrons. The van der Waals surface area contributed by atoms with Crippen molar-refractivity contribution in [1.29, 1.82) is 0 Å². The lowest BCUT2D eigenvalue weighted by Crippen LogP contribution is -2.51. The maximum atomic E-state index is 14.6. The average molecular weight is 365 g/mol. The Hall–Kier alpha value is -3.06. The molecule has 1 atom stereocenters. The van der Waals surface area contributed by atoms with Crippen LogP contribution < -0.4 is 16.8 Å². The van der Waals surface area contributed by atoms with Gasteiger partial charge in [-0.1, -0.05) is 12.1 Å². The maximum Gasteiger partial charge on any atom is 0.251 e. The molecule has 0 spiro atoms. The van der Waals surface area contributed by atoms with E-state index < -0.39 is 11.5 Å². The molecular weight excluding hydrogens is 345 g/mol. The van der Waals surface area contributed by atoms with E-state index in [9.17, 15) is 9.18 Å². The second-order valence-electron chi connectivity index (χ2n) is 6.98. The number of amides is 1. The fourth-order valence-electron chi connectivity index (χ4n) is 3.66. The minimum Gasteiger partial charge on any atom is -0.385 e. The lowest BCUT2D eigenvalue weighted by atomic mass is 9.78. The summed E-state index contributed by atoms with van der Waals surface area (Å²) in [6, 6.07) is 7.20. The number of benzene rings is 1. The summed E-state index contributed by atoms with van der Waals surface area (Å²) in [6.07, 6.45) is 4.13. The first-order chi connectivity index (χ1) is 12.9. The van der Waals surface area contributed by atoms with Gasteiger partial charge < -0.3 is 16.8 Å². The molecule has 6 nitrogen and oxygen atoms in total. The van der Waals surface area contributed by atoms with Crippen LogP contribution in [0.15, 0.2) is 47.6 Å². The lowest BCUT2D eigenvalue weighted by molar-refractivity contribution is 0.0946. The first-order valence-electron chi connectivity index (χ1n) is 8.75. The van der Waals surface area contributed by atoms with Crippen molar-refractivity contribution >= 4 is 17.3 Å². The molecule has 2 aliphatic heterocycles. The van der Waals surface area contributed by atoms with E-state index in [2.05, 4.69) is 15.3 Å². The third-order valence-corrected chi connectivity index (χ3v) is 5.29. The zero-order valence-corrected chi connectivity index (χ0v) is 14.9. The molecule has 0 saturated carbocycles. The number of hydrogen-bond acceptors (Lipinski definition) is 5. The number of fused-ring (bicyclic) bond motifs is 1. The van der Waals surface area contributed by atoms with Crippen LogP contribution in [0.3, 0.4) is 0 Å². The number of rotatable bonds is 2. The van der Waals surface area contributed by atoms with Crippen molar-refractivity contribution in [3.05, 3.63) is 70.4 Å². The standard InChI is InChI=1S/C20H20FN5O/c1-11-4-6-24-10-16(11)15-9-20(23,19(22)26-17(15)21)13-2-3-14-12(8-13)5-7-25-18(14)27/h2-4,6,8,10H,5,7,9,23H2,1H3,(H2,22,26)(H,25,27). The molecule has 0 aliphatic carbocycles. The van der Waals surface area contributed by atoms with Crippen molar-refractivity contribution in [2.75, 3.05) is 6.54 Å². The number of aliphatic imine (C=N–C) groups is 1. The summed E-state index contributed by atoms with van der Waals surface area (Å²) in [5.41, 5.74) is 15.7. The number of nitrogens with one attached hydrogen (secondary N) is 1. The summed E-state index contributed by atoms with van der Waals surface area (Å²) in [5.74, 6) is -0.718. The molecule has 1 aromatic heterocycles. The van der Waals surface area contributed by atoms with Gasteiger partial charge in [-0.15, -0.1) is 0 Å². The summed E-state index contributed by atoms with van der Waals surface area (Å²) in [5, 5.41) is 2.81. The van der Waals surface area contributed by atoms with Crippen LogP contribution in [0.2, 0.25) is 0 Å². The molecule has 1 aromatic carbocycles. The van der Waals surface area contributed by atoms with Crippen LogP contribution in [0, 0.1) is 6.92 Å². The molecule has 1 amide bonds. The average Bonchev–Trinajstić information content (AvgIpc) is 2.65. The predicted molar refractivity (Wildman–Crippen MR) is 102 cm³/mol. The third kappa shape index (κ3) is 2.80. The normalized spacial score (nSPS) is 22.2. The highest BCUT2D eigenvalue weighted by atomic mass is 19.1. The molecule has 0 bridgehead atoms. The summed E-state index contributed by atoms with van der Waals surface area (Å²) in [6.45, 7) is 2.46. The van der Waals surface area contributed by atoms with Crippen LogP contribution in [0.1, 0.15) is 39.0 Å². The van der Waals surface area contributed by atoms with Crippen LogP contribution in [0.25, 0.3) is 5.57 Å².